The van der Waals surface area contributed by atoms with Crippen LogP contribution in [0.5, 0.6) is 0 Å². The maximum atomic E-state index is 11.4. The van der Waals surface area contributed by atoms with E-state index in [-0.39, 0.29) is 6.03 Å². The number of carbonyl (C=O) groups is 1. The standard InChI is InChI=1S/C11H20N6O/c18-11(16-3-1-9-12-5-6-13-9)17-4-2-10-14-7-8-15-10/h1-8H2,(H,12,13)(H,14,15)(H2,16,17,18). The molecule has 18 heavy (non-hydrogen) atoms. The number of nitrogens with one attached hydrogen (secondary N) is 4. The van der Waals surface area contributed by atoms with E-state index in [1.807, 2.05) is 0 Å². The fourth-order valence-corrected chi connectivity index (χ4v) is 1.88. The average Bonchev–Trinajstić information content (AvgIpc) is 3.01. The number of aliphatic imine (C=N–C) groups is 2. The Morgan fingerprint density at radius 1 is 1.00 bits per heavy atom. The minimum absolute atomic E-state index is 0.132. The molecule has 0 aromatic rings. The van der Waals surface area contributed by atoms with Crippen LogP contribution in [0.4, 0.5) is 4.79 Å². The Morgan fingerprint density at radius 3 is 1.89 bits per heavy atom. The summed E-state index contributed by atoms with van der Waals surface area (Å²) >= 11 is 0. The molecule has 4 N–H and O–H groups in total. The third-order valence-electron chi connectivity index (χ3n) is 2.78. The first kappa shape index (κ1) is 12.7. The molecule has 2 rings (SSSR count). The lowest BCUT2D eigenvalue weighted by Crippen LogP contribution is -2.38. The van der Waals surface area contributed by atoms with Crippen LogP contribution >= 0.6 is 0 Å². The second kappa shape index (κ2) is 6.83. The topological polar surface area (TPSA) is 89.9 Å². The zero-order valence-electron chi connectivity index (χ0n) is 10.5. The molecule has 0 aliphatic carbocycles. The fraction of sp³-hybridized carbons (Fsp3) is 0.727. The van der Waals surface area contributed by atoms with E-state index in [0.717, 1.165) is 50.7 Å². The Labute approximate surface area is 107 Å². The number of urea groups is 1. The minimum Gasteiger partial charge on any atom is -0.372 e. The lowest BCUT2D eigenvalue weighted by atomic mass is 10.4. The highest BCUT2D eigenvalue weighted by Gasteiger charge is 2.07. The molecule has 2 aliphatic heterocycles. The van der Waals surface area contributed by atoms with Gasteiger partial charge < -0.3 is 21.3 Å². The largest absolute Gasteiger partial charge is 0.372 e. The Kier molecular flexibility index (Phi) is 4.80. The van der Waals surface area contributed by atoms with Crippen molar-refractivity contribution < 1.29 is 4.79 Å². The third kappa shape index (κ3) is 4.23. The van der Waals surface area contributed by atoms with Crippen LogP contribution in [0.3, 0.4) is 0 Å². The molecule has 0 bridgehead atoms. The van der Waals surface area contributed by atoms with Crippen molar-refractivity contribution in [2.75, 3.05) is 39.3 Å². The van der Waals surface area contributed by atoms with Crippen LogP contribution in [0.15, 0.2) is 9.98 Å². The van der Waals surface area contributed by atoms with Crippen molar-refractivity contribution in [1.29, 1.82) is 0 Å². The summed E-state index contributed by atoms with van der Waals surface area (Å²) in [4.78, 5) is 20.0. The van der Waals surface area contributed by atoms with E-state index < -0.39 is 0 Å². The summed E-state index contributed by atoms with van der Waals surface area (Å²) < 4.78 is 0. The second-order valence-electron chi connectivity index (χ2n) is 4.19. The number of nitrogens with zero attached hydrogens (tertiary/aromatic N) is 2. The summed E-state index contributed by atoms with van der Waals surface area (Å²) in [5.41, 5.74) is 0. The Morgan fingerprint density at radius 2 is 1.50 bits per heavy atom. The lowest BCUT2D eigenvalue weighted by Gasteiger charge is -2.08. The zero-order valence-corrected chi connectivity index (χ0v) is 10.5. The molecule has 0 saturated carbocycles. The van der Waals surface area contributed by atoms with E-state index in [9.17, 15) is 4.79 Å². The summed E-state index contributed by atoms with van der Waals surface area (Å²) in [6, 6.07) is -0.132. The monoisotopic (exact) mass is 252 g/mol. The van der Waals surface area contributed by atoms with E-state index in [4.69, 9.17) is 0 Å². The van der Waals surface area contributed by atoms with Gasteiger partial charge in [0.1, 0.15) is 0 Å². The zero-order chi connectivity index (χ0) is 12.6. The van der Waals surface area contributed by atoms with Gasteiger partial charge in [0.25, 0.3) is 0 Å². The van der Waals surface area contributed by atoms with E-state index in [1.54, 1.807) is 0 Å². The summed E-state index contributed by atoms with van der Waals surface area (Å²) in [5.74, 6) is 1.97. The molecule has 100 valence electrons. The van der Waals surface area contributed by atoms with Crippen LogP contribution in [-0.4, -0.2) is 57.0 Å². The molecule has 7 nitrogen and oxygen atoms in total. The molecule has 0 spiro atoms. The van der Waals surface area contributed by atoms with Gasteiger partial charge in [-0.25, -0.2) is 4.79 Å². The second-order valence-corrected chi connectivity index (χ2v) is 4.19. The smallest absolute Gasteiger partial charge is 0.314 e. The molecule has 7 heteroatoms. The van der Waals surface area contributed by atoms with Gasteiger partial charge in [0.15, 0.2) is 0 Å². The number of rotatable bonds is 6. The lowest BCUT2D eigenvalue weighted by molar-refractivity contribution is 0.241. The van der Waals surface area contributed by atoms with Crippen molar-refractivity contribution in [2.45, 2.75) is 12.8 Å². The van der Waals surface area contributed by atoms with Gasteiger partial charge in [-0.3, -0.25) is 9.98 Å². The number of carbonyl (C=O) groups excluding carboxylic acids is 1. The molecule has 0 fully saturated rings. The van der Waals surface area contributed by atoms with Crippen molar-refractivity contribution in [2.24, 2.45) is 9.98 Å². The minimum atomic E-state index is -0.132. The van der Waals surface area contributed by atoms with Gasteiger partial charge in [0.2, 0.25) is 0 Å². The number of hydrogen-bond donors (Lipinski definition) is 4. The van der Waals surface area contributed by atoms with Gasteiger partial charge in [0.05, 0.1) is 24.8 Å². The van der Waals surface area contributed by atoms with E-state index in [1.165, 1.54) is 0 Å². The van der Waals surface area contributed by atoms with Gasteiger partial charge in [0, 0.05) is 39.0 Å². The van der Waals surface area contributed by atoms with Gasteiger partial charge in [-0.05, 0) is 0 Å². The van der Waals surface area contributed by atoms with Crippen LogP contribution in [-0.2, 0) is 0 Å². The molecule has 0 radical (unpaired) electrons. The SMILES string of the molecule is O=C(NCCC1=NCCN1)NCCC1=NCCN1. The third-order valence-corrected chi connectivity index (χ3v) is 2.78. The highest BCUT2D eigenvalue weighted by molar-refractivity contribution is 5.85. The predicted octanol–water partition coefficient (Wildman–Crippen LogP) is -0.931. The molecule has 0 saturated heterocycles. The highest BCUT2D eigenvalue weighted by atomic mass is 16.2. The Balaban J connectivity index is 1.49. The van der Waals surface area contributed by atoms with Crippen molar-refractivity contribution in [1.82, 2.24) is 21.3 Å². The normalized spacial score (nSPS) is 17.6. The quantitative estimate of drug-likeness (QED) is 0.492. The van der Waals surface area contributed by atoms with Crippen molar-refractivity contribution in [3.05, 3.63) is 0 Å². The Hall–Kier alpha value is -1.79. The number of amides is 2. The summed E-state index contributed by atoms with van der Waals surface area (Å²) in [7, 11) is 0. The maximum Gasteiger partial charge on any atom is 0.314 e. The molecule has 0 aromatic heterocycles. The molecule has 0 aromatic carbocycles. The van der Waals surface area contributed by atoms with Crippen LogP contribution in [0, 0.1) is 0 Å². The van der Waals surface area contributed by atoms with Crippen LogP contribution < -0.4 is 21.3 Å². The van der Waals surface area contributed by atoms with Crippen molar-refractivity contribution in [3.63, 3.8) is 0 Å². The Bertz CT molecular complexity index is 319. The van der Waals surface area contributed by atoms with Crippen LogP contribution in [0.2, 0.25) is 0 Å². The molecular weight excluding hydrogens is 232 g/mol. The maximum absolute atomic E-state index is 11.4. The molecule has 0 unspecified atom stereocenters. The van der Waals surface area contributed by atoms with E-state index in [2.05, 4.69) is 31.3 Å². The number of amidine groups is 2. The first-order chi connectivity index (χ1) is 8.84. The molecule has 2 heterocycles. The predicted molar refractivity (Wildman–Crippen MR) is 71.2 cm³/mol. The van der Waals surface area contributed by atoms with Gasteiger partial charge in [-0.1, -0.05) is 0 Å². The molecule has 2 aliphatic rings. The first-order valence-electron chi connectivity index (χ1n) is 6.41. The van der Waals surface area contributed by atoms with E-state index >= 15 is 0 Å². The fourth-order valence-electron chi connectivity index (χ4n) is 1.88. The molecule has 2 amide bonds. The van der Waals surface area contributed by atoms with E-state index in [0.29, 0.717) is 13.1 Å². The van der Waals surface area contributed by atoms with Crippen LogP contribution in [0.1, 0.15) is 12.8 Å². The van der Waals surface area contributed by atoms with Gasteiger partial charge in [-0.15, -0.1) is 0 Å². The summed E-state index contributed by atoms with van der Waals surface area (Å²) in [6.45, 7) is 4.73. The molecule has 0 atom stereocenters. The highest BCUT2D eigenvalue weighted by Crippen LogP contribution is 1.90. The molecular formula is C11H20N6O. The van der Waals surface area contributed by atoms with Crippen molar-refractivity contribution in [3.8, 4) is 0 Å². The van der Waals surface area contributed by atoms with Crippen molar-refractivity contribution >= 4 is 17.7 Å². The summed E-state index contributed by atoms with van der Waals surface area (Å²) in [6.07, 6.45) is 1.53. The average molecular weight is 252 g/mol. The number of hydrogen-bond acceptors (Lipinski definition) is 5. The first-order valence-corrected chi connectivity index (χ1v) is 6.41. The summed E-state index contributed by atoms with van der Waals surface area (Å²) in [5, 5.41) is 11.9. The van der Waals surface area contributed by atoms with Crippen LogP contribution in [0.25, 0.3) is 0 Å². The van der Waals surface area contributed by atoms with Gasteiger partial charge >= 0.3 is 6.03 Å². The van der Waals surface area contributed by atoms with Gasteiger partial charge in [-0.2, -0.15) is 0 Å².